The zero-order valence-corrected chi connectivity index (χ0v) is 76.4. The lowest BCUT2D eigenvalue weighted by atomic mass is 9.81. The number of hydrogen-bond donors (Lipinski definition) is 0. The number of pyridine rings is 8. The van der Waals surface area contributed by atoms with E-state index in [9.17, 15) is 26.3 Å². The molecule has 0 aliphatic heterocycles. The first-order chi connectivity index (χ1) is 70.9. The van der Waals surface area contributed by atoms with Crippen molar-refractivity contribution in [3.05, 3.63) is 476 Å². The molecule has 16 nitrogen and oxygen atoms in total. The average Bonchev–Trinajstić information content (AvgIpc) is 0.708. The summed E-state index contributed by atoms with van der Waals surface area (Å²) in [6.45, 7) is 22.9. The summed E-state index contributed by atoms with van der Waals surface area (Å²) in [7, 11) is 0. The Balaban J connectivity index is 0.000000159. The highest BCUT2D eigenvalue weighted by Gasteiger charge is 2.27. The van der Waals surface area contributed by atoms with Gasteiger partial charge < -0.3 is 4.85 Å². The van der Waals surface area contributed by atoms with Crippen LogP contribution in [-0.2, 0) is 0 Å². The fourth-order valence-corrected chi connectivity index (χ4v) is 19.9. The maximum Gasteiger partial charge on any atom is 0.270 e. The second-order valence-electron chi connectivity index (χ2n) is 34.9. The van der Waals surface area contributed by atoms with Crippen molar-refractivity contribution in [3.63, 3.8) is 0 Å². The molecule has 16 heteroatoms. The molecule has 0 bridgehead atoms. The second kappa shape index (κ2) is 37.1. The van der Waals surface area contributed by atoms with Crippen molar-refractivity contribution in [2.45, 2.75) is 0 Å². The van der Waals surface area contributed by atoms with E-state index in [1.165, 1.54) is 0 Å². The van der Waals surface area contributed by atoms with Gasteiger partial charge in [0.25, 0.3) is 5.82 Å². The summed E-state index contributed by atoms with van der Waals surface area (Å²) in [4.78, 5) is 46.4. The van der Waals surface area contributed by atoms with Crippen molar-refractivity contribution in [2.24, 2.45) is 0 Å². The summed E-state index contributed by atoms with van der Waals surface area (Å²) in [5.74, 6) is 0.352. The first-order valence-corrected chi connectivity index (χ1v) is 46.2. The van der Waals surface area contributed by atoms with Gasteiger partial charge in [-0.15, -0.1) is 4.98 Å². The van der Waals surface area contributed by atoms with Crippen LogP contribution in [-0.4, -0.2) is 39.9 Å². The highest BCUT2D eigenvalue weighted by Crippen LogP contribution is 2.53. The Morgan fingerprint density at radius 2 is 0.410 bits per heavy atom. The molecule has 660 valence electrons. The Morgan fingerprint density at radius 1 is 0.174 bits per heavy atom. The topological polar surface area (TPSA) is 235 Å². The van der Waals surface area contributed by atoms with Gasteiger partial charge in [-0.2, -0.15) is 26.3 Å². The molecule has 0 N–H and O–H groups in total. The van der Waals surface area contributed by atoms with E-state index >= 15 is 0 Å². The molecule has 0 atom stereocenters. The third kappa shape index (κ3) is 16.2. The van der Waals surface area contributed by atoms with Crippen LogP contribution < -0.4 is 0 Å². The van der Waals surface area contributed by atoms with Gasteiger partial charge >= 0.3 is 0 Å². The van der Waals surface area contributed by atoms with Crippen molar-refractivity contribution >= 4 is 81.8 Å². The molecule has 0 fully saturated rings. The van der Waals surface area contributed by atoms with Crippen LogP contribution in [0, 0.1) is 76.4 Å². The zero-order valence-electron chi connectivity index (χ0n) is 76.4. The van der Waals surface area contributed by atoms with Gasteiger partial charge in [0.15, 0.2) is 11.4 Å². The van der Waals surface area contributed by atoms with Gasteiger partial charge in [0, 0.05) is 54.5 Å². The standard InChI is InChI=1S/2C64H34N8/c1-68-62-33-50(25-29-72-62)42-8-16-46(17-9-42)61-35-60(45-14-6-41(7-15-45)49-24-28-71-53(32-49)38-67)56-19-18-54-58(43-10-2-39(3-11-43)47-22-26-69-51(30-47)36-65)34-59(55-20-21-57(61)64(56)63(54)55)44-12-4-40(5-13-44)48-23-27-70-52(31-48)37-66;1-67-49-21-25-71-61(33-49)47-13-5-9-43(31-47)57-35-55(41-7-3-11-45(29-41)59-27-39(37-65)19-23-69-59)51-15-16-52-56(42-8-4-12-46(30-42)60-28-40(38-66)20-24-70-60)36-58(54-18-17-53(57)63(51)64(52)54)44-10-6-14-48(32-44)62-34-50(68-2)22-26-72-62/h2-35H;3-36H. The van der Waals surface area contributed by atoms with Gasteiger partial charge in [-0.1, -0.05) is 225 Å². The lowest BCUT2D eigenvalue weighted by molar-refractivity contribution is 1.26. The first-order valence-electron chi connectivity index (χ1n) is 46.2. The van der Waals surface area contributed by atoms with Crippen molar-refractivity contribution in [3.8, 4) is 209 Å². The summed E-state index contributed by atoms with van der Waals surface area (Å²) < 4.78 is 0. The molecule has 0 spiro atoms. The summed E-state index contributed by atoms with van der Waals surface area (Å²) in [6, 6.07) is 135. The Kier molecular flexibility index (Phi) is 22.4. The van der Waals surface area contributed by atoms with Gasteiger partial charge in [-0.05, 0) is 355 Å². The fraction of sp³-hybridized carbons (Fsp3) is 0. The molecule has 0 aliphatic carbocycles. The molecule has 0 aliphatic rings. The molecule has 0 unspecified atom stereocenters. The predicted octanol–water partition coefficient (Wildman–Crippen LogP) is 32.0. The molecule has 0 radical (unpaired) electrons. The first kappa shape index (κ1) is 86.8. The molecule has 0 saturated heterocycles. The lowest BCUT2D eigenvalue weighted by Gasteiger charge is -2.22. The number of rotatable bonds is 16. The van der Waals surface area contributed by atoms with E-state index in [1.54, 1.807) is 73.8 Å². The zero-order chi connectivity index (χ0) is 97.4. The highest BCUT2D eigenvalue weighted by molar-refractivity contribution is 6.34. The van der Waals surface area contributed by atoms with E-state index < -0.39 is 0 Å². The van der Waals surface area contributed by atoms with Crippen LogP contribution in [0.5, 0.6) is 0 Å². The summed E-state index contributed by atoms with van der Waals surface area (Å²) in [5.41, 5.74) is 33.8. The van der Waals surface area contributed by atoms with Crippen LogP contribution in [0.4, 0.5) is 17.2 Å². The maximum atomic E-state index is 9.79. The minimum Gasteiger partial charge on any atom is -0.361 e. The minimum absolute atomic E-state index is 0.352. The molecule has 16 aromatic carbocycles. The molecule has 24 aromatic rings. The Bertz CT molecular complexity index is 8660. The fourth-order valence-electron chi connectivity index (χ4n) is 19.9. The number of aromatic nitrogens is 8. The third-order valence-corrected chi connectivity index (χ3v) is 26.8. The van der Waals surface area contributed by atoms with Gasteiger partial charge in [0.2, 0.25) is 0 Å². The molecule has 24 rings (SSSR count). The Hall–Kier alpha value is -21.3. The van der Waals surface area contributed by atoms with Crippen LogP contribution in [0.3, 0.4) is 0 Å². The van der Waals surface area contributed by atoms with Crippen molar-refractivity contribution in [1.29, 1.82) is 26.3 Å². The van der Waals surface area contributed by atoms with E-state index in [2.05, 4.69) is 303 Å². The molecular formula is C128H68N16. The van der Waals surface area contributed by atoms with Crippen molar-refractivity contribution < 1.29 is 0 Å². The molecular weight excluding hydrogens is 1760 g/mol. The average molecular weight is 1830 g/mol. The predicted molar refractivity (Wildman–Crippen MR) is 572 cm³/mol. The van der Waals surface area contributed by atoms with Crippen LogP contribution in [0.1, 0.15) is 28.2 Å². The second-order valence-corrected chi connectivity index (χ2v) is 34.9. The van der Waals surface area contributed by atoms with E-state index in [0.29, 0.717) is 68.2 Å². The number of nitriles is 5. The summed E-state index contributed by atoms with van der Waals surface area (Å²) in [5, 5.41) is 61.5. The van der Waals surface area contributed by atoms with E-state index in [-0.39, 0.29) is 0 Å². The smallest absolute Gasteiger partial charge is 0.270 e. The van der Waals surface area contributed by atoms with Crippen LogP contribution in [0.15, 0.2) is 414 Å². The Morgan fingerprint density at radius 3 is 0.674 bits per heavy atom. The molecule has 144 heavy (non-hydrogen) atoms. The maximum absolute atomic E-state index is 9.79. The molecule has 8 aromatic heterocycles. The lowest BCUT2D eigenvalue weighted by Crippen LogP contribution is -1.95. The van der Waals surface area contributed by atoms with Gasteiger partial charge in [0.1, 0.15) is 41.5 Å². The van der Waals surface area contributed by atoms with Crippen molar-refractivity contribution in [1.82, 2.24) is 39.9 Å². The quantitative estimate of drug-likeness (QED) is 0.0647. The number of hydrogen-bond acceptors (Lipinski definition) is 13. The third-order valence-electron chi connectivity index (χ3n) is 26.8. The van der Waals surface area contributed by atoms with Crippen LogP contribution >= 0.6 is 0 Å². The summed E-state index contributed by atoms with van der Waals surface area (Å²) >= 11 is 0. The van der Waals surface area contributed by atoms with Crippen LogP contribution in [0.2, 0.25) is 0 Å². The Labute approximate surface area is 827 Å². The van der Waals surface area contributed by atoms with Gasteiger partial charge in [-0.25, -0.2) is 24.6 Å². The summed E-state index contributed by atoms with van der Waals surface area (Å²) in [6.07, 6.45) is 13.4. The molecule has 0 amide bonds. The van der Waals surface area contributed by atoms with Gasteiger partial charge in [-0.3, -0.25) is 19.9 Å². The highest BCUT2D eigenvalue weighted by atomic mass is 14.9. The largest absolute Gasteiger partial charge is 0.361 e. The minimum atomic E-state index is 0.352. The number of nitrogens with zero attached hydrogens (tertiary/aromatic N) is 16. The SMILES string of the molecule is [C-]#[N+]c1cc(-c2ccc(-c3cc(-c4ccc(-c5ccnc(C#N)c5)cc4)c4ccc5c(-c6ccc(-c7ccnc(C#N)c7)cc6)cc(-c6ccc(-c7ccnc(C#N)c7)cc6)c6ccc3c4c56)cc2)ccn1.[C-]#[N+]c1ccnc(-c2cccc(-c3cc(-c4cccc(-c5cc(C#N)ccn5)c4)c4ccc5c(-c6cccc(-c7cc(C#N)ccn7)c6)cc(-c6cccc(-c7cc([N+]#[C-])ccn7)c6)c6ccc3c4c56)c2)c1. The molecule has 8 heterocycles. The van der Waals surface area contributed by atoms with Crippen LogP contribution in [0.25, 0.3) is 258 Å². The van der Waals surface area contributed by atoms with E-state index in [0.717, 1.165) is 220 Å². The van der Waals surface area contributed by atoms with E-state index in [4.69, 9.17) is 19.7 Å². The van der Waals surface area contributed by atoms with E-state index in [1.807, 2.05) is 121 Å². The number of benzene rings is 16. The molecule has 0 saturated carbocycles. The monoisotopic (exact) mass is 1830 g/mol. The van der Waals surface area contributed by atoms with Gasteiger partial charge in [0.05, 0.1) is 59.2 Å². The normalized spacial score (nSPS) is 11.0. The van der Waals surface area contributed by atoms with Crippen molar-refractivity contribution in [2.75, 3.05) is 0 Å².